The van der Waals surface area contributed by atoms with Gasteiger partial charge in [0.1, 0.15) is 0 Å². The summed E-state index contributed by atoms with van der Waals surface area (Å²) in [5.74, 6) is 0.854. The Bertz CT molecular complexity index is 754. The largest absolute Gasteiger partial charge is 0.385 e. The van der Waals surface area contributed by atoms with Crippen molar-refractivity contribution in [1.82, 2.24) is 15.6 Å². The van der Waals surface area contributed by atoms with Crippen LogP contribution in [0.25, 0.3) is 11.3 Å². The minimum Gasteiger partial charge on any atom is -0.385 e. The van der Waals surface area contributed by atoms with Gasteiger partial charge in [0, 0.05) is 45.6 Å². The zero-order valence-electron chi connectivity index (χ0n) is 17.1. The van der Waals surface area contributed by atoms with Gasteiger partial charge in [0.2, 0.25) is 0 Å². The molecular formula is C23H32N4O. The Morgan fingerprint density at radius 2 is 2.00 bits per heavy atom. The summed E-state index contributed by atoms with van der Waals surface area (Å²) >= 11 is 0. The second-order valence-corrected chi connectivity index (χ2v) is 7.64. The Labute approximate surface area is 168 Å². The first-order chi connectivity index (χ1) is 13.7. The summed E-state index contributed by atoms with van der Waals surface area (Å²) in [6.45, 7) is 2.50. The van der Waals surface area contributed by atoms with Gasteiger partial charge in [-0.05, 0) is 48.4 Å². The Kier molecular flexibility index (Phi) is 7.43. The maximum Gasteiger partial charge on any atom is 0.191 e. The van der Waals surface area contributed by atoms with Gasteiger partial charge in [0.05, 0.1) is 5.69 Å². The fourth-order valence-electron chi connectivity index (χ4n) is 4.01. The van der Waals surface area contributed by atoms with Crippen LogP contribution in [0.1, 0.15) is 37.7 Å². The number of hydrogen-bond acceptors (Lipinski definition) is 3. The number of guanidine groups is 1. The minimum absolute atomic E-state index is 0.340. The van der Waals surface area contributed by atoms with E-state index in [0.29, 0.717) is 5.41 Å². The van der Waals surface area contributed by atoms with Gasteiger partial charge in [-0.25, -0.2) is 0 Å². The maximum atomic E-state index is 5.34. The van der Waals surface area contributed by atoms with Crippen LogP contribution >= 0.6 is 0 Å². The van der Waals surface area contributed by atoms with E-state index in [-0.39, 0.29) is 0 Å². The summed E-state index contributed by atoms with van der Waals surface area (Å²) in [5.41, 5.74) is 3.67. The highest BCUT2D eigenvalue weighted by Crippen LogP contribution is 2.40. The molecule has 5 nitrogen and oxygen atoms in total. The van der Waals surface area contributed by atoms with E-state index in [1.165, 1.54) is 31.2 Å². The first-order valence-corrected chi connectivity index (χ1v) is 10.2. The molecule has 0 saturated heterocycles. The first-order valence-electron chi connectivity index (χ1n) is 10.2. The Balaban J connectivity index is 1.56. The number of pyridine rings is 1. The lowest BCUT2D eigenvalue weighted by Gasteiger charge is -2.30. The average molecular weight is 381 g/mol. The van der Waals surface area contributed by atoms with Crippen LogP contribution in [0, 0.1) is 5.41 Å². The van der Waals surface area contributed by atoms with Gasteiger partial charge >= 0.3 is 0 Å². The zero-order chi connectivity index (χ0) is 19.7. The second kappa shape index (κ2) is 10.2. The van der Waals surface area contributed by atoms with Crippen molar-refractivity contribution in [3.8, 4) is 11.3 Å². The van der Waals surface area contributed by atoms with Gasteiger partial charge < -0.3 is 15.4 Å². The molecule has 0 bridgehead atoms. The van der Waals surface area contributed by atoms with Crippen molar-refractivity contribution in [3.63, 3.8) is 0 Å². The molecule has 0 atom stereocenters. The van der Waals surface area contributed by atoms with E-state index in [0.717, 1.165) is 43.3 Å². The Hall–Kier alpha value is -2.40. The van der Waals surface area contributed by atoms with E-state index < -0.39 is 0 Å². The van der Waals surface area contributed by atoms with Crippen molar-refractivity contribution in [2.75, 3.05) is 27.3 Å². The SMILES string of the molecule is CN=C(NCc1cccc(-c2ccccn2)c1)NCC1(CCOC)CCCC1. The van der Waals surface area contributed by atoms with Crippen LogP contribution in [0.15, 0.2) is 53.7 Å². The molecule has 2 N–H and O–H groups in total. The summed E-state index contributed by atoms with van der Waals surface area (Å²) in [5, 5.41) is 7.00. The van der Waals surface area contributed by atoms with Crippen LogP contribution in [0.5, 0.6) is 0 Å². The van der Waals surface area contributed by atoms with E-state index in [1.54, 1.807) is 7.11 Å². The van der Waals surface area contributed by atoms with Crippen LogP contribution in [-0.2, 0) is 11.3 Å². The summed E-state index contributed by atoms with van der Waals surface area (Å²) < 4.78 is 5.34. The zero-order valence-corrected chi connectivity index (χ0v) is 17.1. The summed E-state index contributed by atoms with van der Waals surface area (Å²) in [6, 6.07) is 14.5. The number of hydrogen-bond donors (Lipinski definition) is 2. The summed E-state index contributed by atoms with van der Waals surface area (Å²) in [4.78, 5) is 8.85. The van der Waals surface area contributed by atoms with Crippen LogP contribution in [0.2, 0.25) is 0 Å². The van der Waals surface area contributed by atoms with Crippen molar-refractivity contribution in [3.05, 3.63) is 54.2 Å². The highest BCUT2D eigenvalue weighted by Gasteiger charge is 2.33. The first kappa shape index (κ1) is 20.3. The molecule has 0 amide bonds. The van der Waals surface area contributed by atoms with Crippen molar-refractivity contribution < 1.29 is 4.74 Å². The second-order valence-electron chi connectivity index (χ2n) is 7.64. The monoisotopic (exact) mass is 380 g/mol. The third-order valence-electron chi connectivity index (χ3n) is 5.70. The quantitative estimate of drug-likeness (QED) is 0.537. The van der Waals surface area contributed by atoms with Gasteiger partial charge in [0.25, 0.3) is 0 Å². The molecule has 1 aromatic heterocycles. The topological polar surface area (TPSA) is 58.5 Å². The number of nitrogens with zero attached hydrogens (tertiary/aromatic N) is 2. The highest BCUT2D eigenvalue weighted by molar-refractivity contribution is 5.79. The number of aromatic nitrogens is 1. The van der Waals surface area contributed by atoms with Gasteiger partial charge in [0.15, 0.2) is 5.96 Å². The Morgan fingerprint density at radius 1 is 1.14 bits per heavy atom. The van der Waals surface area contributed by atoms with Gasteiger partial charge in [-0.15, -0.1) is 0 Å². The van der Waals surface area contributed by atoms with Crippen molar-refractivity contribution in [2.24, 2.45) is 10.4 Å². The number of ether oxygens (including phenoxy) is 1. The molecule has 5 heteroatoms. The number of aliphatic imine (C=N–C) groups is 1. The molecule has 28 heavy (non-hydrogen) atoms. The van der Waals surface area contributed by atoms with E-state index in [2.05, 4.69) is 44.9 Å². The van der Waals surface area contributed by atoms with Gasteiger partial charge in [-0.3, -0.25) is 9.98 Å². The van der Waals surface area contributed by atoms with Crippen molar-refractivity contribution >= 4 is 5.96 Å². The van der Waals surface area contributed by atoms with Gasteiger partial charge in [-0.1, -0.05) is 37.1 Å². The van der Waals surface area contributed by atoms with E-state index in [1.807, 2.05) is 31.4 Å². The fraction of sp³-hybridized carbons (Fsp3) is 0.478. The number of nitrogens with one attached hydrogen (secondary N) is 2. The maximum absolute atomic E-state index is 5.34. The third kappa shape index (κ3) is 5.55. The number of benzene rings is 1. The molecule has 150 valence electrons. The molecule has 1 aromatic carbocycles. The average Bonchev–Trinajstić information content (AvgIpc) is 3.22. The summed E-state index contributed by atoms with van der Waals surface area (Å²) in [7, 11) is 3.62. The lowest BCUT2D eigenvalue weighted by Crippen LogP contribution is -2.43. The Morgan fingerprint density at radius 3 is 2.71 bits per heavy atom. The lowest BCUT2D eigenvalue weighted by molar-refractivity contribution is 0.138. The van der Waals surface area contributed by atoms with Crippen LogP contribution in [-0.4, -0.2) is 38.3 Å². The molecule has 1 fully saturated rings. The molecule has 3 rings (SSSR count). The van der Waals surface area contributed by atoms with Crippen LogP contribution in [0.4, 0.5) is 0 Å². The standard InChI is InChI=1S/C23H32N4O/c1-24-22(27-18-23(13-15-28-2)11-4-5-12-23)26-17-19-8-7-9-20(16-19)21-10-3-6-14-25-21/h3,6-10,14,16H,4-5,11-13,15,17-18H2,1-2H3,(H2,24,26,27). The summed E-state index contributed by atoms with van der Waals surface area (Å²) in [6.07, 6.45) is 8.11. The highest BCUT2D eigenvalue weighted by atomic mass is 16.5. The number of methoxy groups -OCH3 is 1. The normalized spacial score (nSPS) is 16.1. The molecule has 1 heterocycles. The molecule has 1 aliphatic rings. The molecule has 2 aromatic rings. The molecule has 0 aliphatic heterocycles. The van der Waals surface area contributed by atoms with Crippen molar-refractivity contribution in [1.29, 1.82) is 0 Å². The third-order valence-corrected chi connectivity index (χ3v) is 5.70. The fourth-order valence-corrected chi connectivity index (χ4v) is 4.01. The van der Waals surface area contributed by atoms with E-state index in [4.69, 9.17) is 4.74 Å². The number of rotatable bonds is 8. The molecule has 1 saturated carbocycles. The van der Waals surface area contributed by atoms with E-state index in [9.17, 15) is 0 Å². The smallest absolute Gasteiger partial charge is 0.191 e. The van der Waals surface area contributed by atoms with Crippen LogP contribution in [0.3, 0.4) is 0 Å². The molecule has 0 spiro atoms. The molecule has 0 radical (unpaired) electrons. The van der Waals surface area contributed by atoms with Gasteiger partial charge in [-0.2, -0.15) is 0 Å². The van der Waals surface area contributed by atoms with E-state index >= 15 is 0 Å². The minimum atomic E-state index is 0.340. The molecule has 0 unspecified atom stereocenters. The molecular weight excluding hydrogens is 348 g/mol. The van der Waals surface area contributed by atoms with Crippen LogP contribution < -0.4 is 10.6 Å². The molecule has 1 aliphatic carbocycles. The lowest BCUT2D eigenvalue weighted by atomic mass is 9.83. The van der Waals surface area contributed by atoms with Crippen molar-refractivity contribution in [2.45, 2.75) is 38.6 Å². The predicted molar refractivity (Wildman–Crippen MR) is 115 cm³/mol. The predicted octanol–water partition coefficient (Wildman–Crippen LogP) is 4.01.